The van der Waals surface area contributed by atoms with Crippen LogP contribution in [0.2, 0.25) is 0 Å². The summed E-state index contributed by atoms with van der Waals surface area (Å²) in [6.45, 7) is 1.02. The van der Waals surface area contributed by atoms with Gasteiger partial charge in [-0.15, -0.1) is 0 Å². The molecule has 0 aromatic rings. The third-order valence-corrected chi connectivity index (χ3v) is 1.87. The van der Waals surface area contributed by atoms with Crippen molar-refractivity contribution in [3.05, 3.63) is 0 Å². The molecule has 1 rings (SSSR count). The lowest BCUT2D eigenvalue weighted by Gasteiger charge is -1.90. The van der Waals surface area contributed by atoms with E-state index < -0.39 is 0 Å². The van der Waals surface area contributed by atoms with E-state index in [0.717, 1.165) is 11.9 Å². The second-order valence-corrected chi connectivity index (χ2v) is 2.93. The number of hydrogen-bond acceptors (Lipinski definition) is 1. The zero-order valence-electron chi connectivity index (χ0n) is 4.90. The summed E-state index contributed by atoms with van der Waals surface area (Å²) >= 11 is 3.38. The Morgan fingerprint density at radius 1 is 1.50 bits per heavy atom. The van der Waals surface area contributed by atoms with Gasteiger partial charge in [-0.05, 0) is 19.3 Å². The van der Waals surface area contributed by atoms with Gasteiger partial charge in [0.05, 0.1) is 12.7 Å². The minimum absolute atomic E-state index is 0.633. The van der Waals surface area contributed by atoms with Gasteiger partial charge >= 0.3 is 0 Å². The van der Waals surface area contributed by atoms with Crippen LogP contribution in [-0.4, -0.2) is 18.0 Å². The zero-order valence-corrected chi connectivity index (χ0v) is 6.49. The van der Waals surface area contributed by atoms with Gasteiger partial charge < -0.3 is 4.74 Å². The van der Waals surface area contributed by atoms with E-state index in [0.29, 0.717) is 6.10 Å². The summed E-state index contributed by atoms with van der Waals surface area (Å²) in [7, 11) is 0. The molecule has 1 aliphatic rings. The van der Waals surface area contributed by atoms with E-state index in [1.54, 1.807) is 0 Å². The Balaban J connectivity index is 1.74. The molecule has 2 heteroatoms. The molecule has 1 heterocycles. The second kappa shape index (κ2) is 3.46. The molecular formula is C6H11BrO. The van der Waals surface area contributed by atoms with Crippen molar-refractivity contribution in [2.45, 2.75) is 25.4 Å². The lowest BCUT2D eigenvalue weighted by Crippen LogP contribution is -1.84. The first kappa shape index (κ1) is 6.56. The number of ether oxygens (including phenoxy) is 1. The second-order valence-electron chi connectivity index (χ2n) is 2.14. The maximum absolute atomic E-state index is 5.04. The minimum atomic E-state index is 0.633. The summed E-state index contributed by atoms with van der Waals surface area (Å²) in [5, 5.41) is 1.14. The van der Waals surface area contributed by atoms with Crippen LogP contribution >= 0.6 is 15.9 Å². The average molecular weight is 179 g/mol. The fourth-order valence-corrected chi connectivity index (χ4v) is 1.10. The van der Waals surface area contributed by atoms with Crippen LogP contribution in [-0.2, 0) is 4.74 Å². The molecule has 0 aromatic carbocycles. The molecule has 1 fully saturated rings. The largest absolute Gasteiger partial charge is 0.373 e. The van der Waals surface area contributed by atoms with Gasteiger partial charge in [-0.25, -0.2) is 0 Å². The maximum Gasteiger partial charge on any atom is 0.0810 e. The Labute approximate surface area is 58.5 Å². The van der Waals surface area contributed by atoms with Crippen LogP contribution in [0.25, 0.3) is 0 Å². The van der Waals surface area contributed by atoms with Crippen molar-refractivity contribution in [2.75, 3.05) is 11.9 Å². The van der Waals surface area contributed by atoms with Gasteiger partial charge in [-0.1, -0.05) is 15.9 Å². The van der Waals surface area contributed by atoms with E-state index in [1.807, 2.05) is 0 Å². The van der Waals surface area contributed by atoms with E-state index in [9.17, 15) is 0 Å². The molecule has 0 N–H and O–H groups in total. The molecule has 0 bridgehead atoms. The monoisotopic (exact) mass is 178 g/mol. The molecule has 0 aliphatic carbocycles. The minimum Gasteiger partial charge on any atom is -0.373 e. The average Bonchev–Trinajstić information content (AvgIpc) is 2.51. The number of unbranched alkanes of at least 4 members (excludes halogenated alkanes) is 1. The Morgan fingerprint density at radius 3 is 2.75 bits per heavy atom. The number of epoxide rings is 1. The molecular weight excluding hydrogens is 168 g/mol. The molecule has 0 spiro atoms. The van der Waals surface area contributed by atoms with Crippen molar-refractivity contribution in [1.82, 2.24) is 0 Å². The summed E-state index contributed by atoms with van der Waals surface area (Å²) in [5.41, 5.74) is 0. The van der Waals surface area contributed by atoms with Crippen molar-refractivity contribution >= 4 is 15.9 Å². The SMILES string of the molecule is BrCCCC[C@@H]1CO1. The van der Waals surface area contributed by atoms with Gasteiger partial charge in [0.15, 0.2) is 0 Å². The third kappa shape index (κ3) is 2.68. The Kier molecular flexibility index (Phi) is 2.84. The molecule has 0 radical (unpaired) electrons. The first-order valence-electron chi connectivity index (χ1n) is 3.11. The molecule has 1 aliphatic heterocycles. The number of halogens is 1. The maximum atomic E-state index is 5.04. The third-order valence-electron chi connectivity index (χ3n) is 1.31. The van der Waals surface area contributed by atoms with Crippen molar-refractivity contribution < 1.29 is 4.74 Å². The van der Waals surface area contributed by atoms with E-state index in [1.165, 1.54) is 19.3 Å². The molecule has 1 saturated heterocycles. The van der Waals surface area contributed by atoms with Crippen molar-refractivity contribution in [2.24, 2.45) is 0 Å². The normalized spacial score (nSPS) is 25.9. The van der Waals surface area contributed by atoms with E-state index in [-0.39, 0.29) is 0 Å². The van der Waals surface area contributed by atoms with Crippen LogP contribution < -0.4 is 0 Å². The summed E-state index contributed by atoms with van der Waals surface area (Å²) in [4.78, 5) is 0. The van der Waals surface area contributed by atoms with Gasteiger partial charge in [0, 0.05) is 5.33 Å². The standard InChI is InChI=1S/C6H11BrO/c7-4-2-1-3-6-5-8-6/h6H,1-5H2/t6-/m1/s1. The lowest BCUT2D eigenvalue weighted by atomic mass is 10.2. The van der Waals surface area contributed by atoms with Crippen LogP contribution in [0.5, 0.6) is 0 Å². The summed E-state index contributed by atoms with van der Waals surface area (Å²) < 4.78 is 5.04. The van der Waals surface area contributed by atoms with Gasteiger partial charge in [-0.3, -0.25) is 0 Å². The fourth-order valence-electron chi connectivity index (χ4n) is 0.701. The highest BCUT2D eigenvalue weighted by Crippen LogP contribution is 2.16. The predicted molar refractivity (Wildman–Crippen MR) is 37.4 cm³/mol. The number of alkyl halides is 1. The van der Waals surface area contributed by atoms with Crippen LogP contribution in [0, 0.1) is 0 Å². The van der Waals surface area contributed by atoms with Crippen LogP contribution in [0.4, 0.5) is 0 Å². The number of hydrogen-bond donors (Lipinski definition) is 0. The molecule has 0 amide bonds. The molecule has 48 valence electrons. The van der Waals surface area contributed by atoms with Crippen LogP contribution in [0.3, 0.4) is 0 Å². The Morgan fingerprint density at radius 2 is 2.25 bits per heavy atom. The van der Waals surface area contributed by atoms with E-state index >= 15 is 0 Å². The fraction of sp³-hybridized carbons (Fsp3) is 1.00. The highest BCUT2D eigenvalue weighted by atomic mass is 79.9. The van der Waals surface area contributed by atoms with Crippen molar-refractivity contribution in [3.8, 4) is 0 Å². The topological polar surface area (TPSA) is 12.5 Å². The first-order chi connectivity index (χ1) is 3.93. The van der Waals surface area contributed by atoms with Crippen LogP contribution in [0.1, 0.15) is 19.3 Å². The van der Waals surface area contributed by atoms with Gasteiger partial charge in [0.2, 0.25) is 0 Å². The van der Waals surface area contributed by atoms with Gasteiger partial charge in [0.25, 0.3) is 0 Å². The van der Waals surface area contributed by atoms with Gasteiger partial charge in [0.1, 0.15) is 0 Å². The molecule has 0 aromatic heterocycles. The Hall–Kier alpha value is 0.440. The molecule has 1 atom stereocenters. The van der Waals surface area contributed by atoms with Crippen molar-refractivity contribution in [3.63, 3.8) is 0 Å². The quantitative estimate of drug-likeness (QED) is 0.365. The molecule has 0 unspecified atom stereocenters. The predicted octanol–water partition coefficient (Wildman–Crippen LogP) is 1.95. The van der Waals surface area contributed by atoms with Gasteiger partial charge in [-0.2, -0.15) is 0 Å². The molecule has 1 nitrogen and oxygen atoms in total. The highest BCUT2D eigenvalue weighted by molar-refractivity contribution is 9.09. The smallest absolute Gasteiger partial charge is 0.0810 e. The van der Waals surface area contributed by atoms with Crippen LogP contribution in [0.15, 0.2) is 0 Å². The van der Waals surface area contributed by atoms with E-state index in [2.05, 4.69) is 15.9 Å². The lowest BCUT2D eigenvalue weighted by molar-refractivity contribution is 0.391. The summed E-state index contributed by atoms with van der Waals surface area (Å²) in [6.07, 6.45) is 4.51. The summed E-state index contributed by atoms with van der Waals surface area (Å²) in [5.74, 6) is 0. The Bertz CT molecular complexity index is 61.5. The summed E-state index contributed by atoms with van der Waals surface area (Å²) in [6, 6.07) is 0. The van der Waals surface area contributed by atoms with Crippen molar-refractivity contribution in [1.29, 1.82) is 0 Å². The highest BCUT2D eigenvalue weighted by Gasteiger charge is 2.20. The molecule has 0 saturated carbocycles. The zero-order chi connectivity index (χ0) is 5.82. The number of rotatable bonds is 4. The van der Waals surface area contributed by atoms with E-state index in [4.69, 9.17) is 4.74 Å². The first-order valence-corrected chi connectivity index (χ1v) is 4.23. The molecule has 8 heavy (non-hydrogen) atoms.